The average molecular weight is 528 g/mol. The Morgan fingerprint density at radius 3 is 0.800 bits per heavy atom. The van der Waals surface area contributed by atoms with Gasteiger partial charge < -0.3 is 0 Å². The smallest absolute Gasteiger partial charge is 0.213 e. The molecule has 0 N–H and O–H groups in total. The molecular formula is C33H33N7. The summed E-state index contributed by atoms with van der Waals surface area (Å²) in [4.78, 5) is 31.6. The molecular weight excluding hydrogens is 494 g/mol. The average Bonchev–Trinajstić information content (AvgIpc) is 2.82. The lowest BCUT2D eigenvalue weighted by atomic mass is 9.98. The first-order valence-electron chi connectivity index (χ1n) is 13.6. The van der Waals surface area contributed by atoms with Crippen molar-refractivity contribution in [2.75, 3.05) is 0 Å². The van der Waals surface area contributed by atoms with Crippen LogP contribution in [-0.4, -0.2) is 40.3 Å². The third-order valence-electron chi connectivity index (χ3n) is 7.54. The quantitative estimate of drug-likeness (QED) is 0.382. The first kappa shape index (κ1) is 25.7. The number of aliphatic imine (C=N–C) groups is 6. The second-order valence-corrected chi connectivity index (χ2v) is 11.2. The Kier molecular flexibility index (Phi) is 5.98. The van der Waals surface area contributed by atoms with Gasteiger partial charge in [0.2, 0.25) is 17.9 Å². The van der Waals surface area contributed by atoms with Gasteiger partial charge in [-0.2, -0.15) is 30.0 Å². The molecule has 3 aromatic carbocycles. The molecule has 0 aromatic heterocycles. The molecule has 200 valence electrons. The first-order valence-corrected chi connectivity index (χ1v) is 13.6. The van der Waals surface area contributed by atoms with Crippen LogP contribution in [0.3, 0.4) is 0 Å². The van der Waals surface area contributed by atoms with Gasteiger partial charge in [0.05, 0.1) is 0 Å². The van der Waals surface area contributed by atoms with Crippen LogP contribution < -0.4 is 0 Å². The number of nitrogens with zero attached hydrogens (tertiary/aromatic N) is 7. The molecule has 40 heavy (non-hydrogen) atoms. The molecule has 0 fully saturated rings. The second kappa shape index (κ2) is 9.30. The van der Waals surface area contributed by atoms with Gasteiger partial charge in [0.1, 0.15) is 0 Å². The molecule has 3 aliphatic rings. The Morgan fingerprint density at radius 1 is 0.350 bits per heavy atom. The number of benzene rings is 3. The Morgan fingerprint density at radius 2 is 0.575 bits per heavy atom. The number of amidine groups is 3. The fraction of sp³-hybridized carbons (Fsp3) is 0.273. The van der Waals surface area contributed by atoms with Crippen LogP contribution in [0.5, 0.6) is 0 Å². The molecule has 3 heterocycles. The maximum absolute atomic E-state index is 4.98. The summed E-state index contributed by atoms with van der Waals surface area (Å²) in [5.74, 6) is 3.22. The molecule has 0 saturated carbocycles. The fourth-order valence-electron chi connectivity index (χ4n) is 6.22. The van der Waals surface area contributed by atoms with Crippen molar-refractivity contribution in [3.63, 3.8) is 0 Å². The van der Waals surface area contributed by atoms with Crippen molar-refractivity contribution in [2.24, 2.45) is 30.0 Å². The normalized spacial score (nSPS) is 16.0. The number of rotatable bonds is 3. The lowest BCUT2D eigenvalue weighted by Gasteiger charge is -2.31. The van der Waals surface area contributed by atoms with E-state index in [1.54, 1.807) is 4.90 Å². The van der Waals surface area contributed by atoms with Crippen molar-refractivity contribution in [3.05, 3.63) is 103 Å². The van der Waals surface area contributed by atoms with Crippen LogP contribution in [0, 0.1) is 62.3 Å². The summed E-state index contributed by atoms with van der Waals surface area (Å²) in [5, 5.41) is 0. The van der Waals surface area contributed by atoms with Crippen molar-refractivity contribution in [1.82, 2.24) is 4.90 Å². The minimum atomic E-state index is 0.475. The number of hydrogen-bond acceptors (Lipinski definition) is 7. The monoisotopic (exact) mass is 527 g/mol. The van der Waals surface area contributed by atoms with E-state index in [-0.39, 0.29) is 0 Å². The van der Waals surface area contributed by atoms with E-state index in [0.717, 1.165) is 50.1 Å². The van der Waals surface area contributed by atoms with Crippen LogP contribution in [0.4, 0.5) is 0 Å². The predicted molar refractivity (Wildman–Crippen MR) is 166 cm³/mol. The van der Waals surface area contributed by atoms with E-state index < -0.39 is 0 Å². The van der Waals surface area contributed by atoms with Gasteiger partial charge in [-0.05, 0) is 95.7 Å². The van der Waals surface area contributed by atoms with Gasteiger partial charge in [-0.3, -0.25) is 0 Å². The molecule has 0 radical (unpaired) electrons. The maximum Gasteiger partial charge on any atom is 0.243 e. The van der Waals surface area contributed by atoms with Crippen LogP contribution in [0.2, 0.25) is 0 Å². The standard InChI is InChI=1S/C33H33N7/c1-16-10-19(4)25(20(5)11-16)28-34-31-36-29(26-21(6)12-17(2)13-22(26)7)38-33-39-30(37-32(35-28)40(31)33)27-23(8)14-18(3)15-24(27)9/h10-15H,1-9H3. The SMILES string of the molecule is Cc1cc(C)c(C2=NC3=NC(c4c(C)cc(C)cc4C)=NC4=NC(c5c(C)cc(C)cc5C)=NC(=N2)N34)c(C)c1. The summed E-state index contributed by atoms with van der Waals surface area (Å²) in [5.41, 5.74) is 13.3. The summed E-state index contributed by atoms with van der Waals surface area (Å²) in [6.07, 6.45) is 0. The molecule has 7 heteroatoms. The molecule has 0 aliphatic carbocycles. The van der Waals surface area contributed by atoms with E-state index in [9.17, 15) is 0 Å². The van der Waals surface area contributed by atoms with E-state index in [0.29, 0.717) is 35.4 Å². The zero-order chi connectivity index (χ0) is 28.5. The molecule has 0 saturated heterocycles. The Labute approximate surface area is 235 Å². The first-order chi connectivity index (χ1) is 19.0. The van der Waals surface area contributed by atoms with Crippen molar-refractivity contribution >= 4 is 35.4 Å². The zero-order valence-corrected chi connectivity index (χ0v) is 24.6. The highest BCUT2D eigenvalue weighted by Gasteiger charge is 2.37. The lowest BCUT2D eigenvalue weighted by Crippen LogP contribution is -2.48. The summed E-state index contributed by atoms with van der Waals surface area (Å²) in [6, 6.07) is 13.0. The van der Waals surface area contributed by atoms with Gasteiger partial charge in [-0.1, -0.05) is 53.1 Å². The van der Waals surface area contributed by atoms with Crippen LogP contribution in [0.25, 0.3) is 0 Å². The van der Waals surface area contributed by atoms with Crippen molar-refractivity contribution in [2.45, 2.75) is 62.3 Å². The summed E-state index contributed by atoms with van der Waals surface area (Å²) in [7, 11) is 0. The predicted octanol–water partition coefficient (Wildman–Crippen LogP) is 6.51. The second-order valence-electron chi connectivity index (χ2n) is 11.2. The van der Waals surface area contributed by atoms with Crippen LogP contribution >= 0.6 is 0 Å². The van der Waals surface area contributed by atoms with Crippen LogP contribution in [0.1, 0.15) is 66.8 Å². The van der Waals surface area contributed by atoms with E-state index in [1.807, 2.05) is 0 Å². The Bertz CT molecular complexity index is 1550. The summed E-state index contributed by atoms with van der Waals surface area (Å²) in [6.45, 7) is 18.9. The van der Waals surface area contributed by atoms with Gasteiger partial charge >= 0.3 is 0 Å². The molecule has 0 spiro atoms. The molecule has 7 nitrogen and oxygen atoms in total. The maximum atomic E-state index is 4.98. The van der Waals surface area contributed by atoms with Crippen LogP contribution in [0.15, 0.2) is 66.4 Å². The van der Waals surface area contributed by atoms with Crippen molar-refractivity contribution in [1.29, 1.82) is 0 Å². The van der Waals surface area contributed by atoms with Gasteiger partial charge in [0.15, 0.2) is 17.5 Å². The topological polar surface area (TPSA) is 77.4 Å². The third-order valence-corrected chi connectivity index (χ3v) is 7.54. The summed E-state index contributed by atoms with van der Waals surface area (Å²) >= 11 is 0. The van der Waals surface area contributed by atoms with Gasteiger partial charge in [0.25, 0.3) is 0 Å². The van der Waals surface area contributed by atoms with E-state index in [4.69, 9.17) is 30.0 Å². The van der Waals surface area contributed by atoms with E-state index in [2.05, 4.69) is 98.7 Å². The van der Waals surface area contributed by atoms with Gasteiger partial charge in [0, 0.05) is 16.7 Å². The molecule has 0 bridgehead atoms. The highest BCUT2D eigenvalue weighted by atomic mass is 15.5. The minimum absolute atomic E-state index is 0.475. The van der Waals surface area contributed by atoms with Gasteiger partial charge in [-0.15, -0.1) is 0 Å². The van der Waals surface area contributed by atoms with Crippen LogP contribution in [-0.2, 0) is 0 Å². The molecule has 3 aromatic rings. The largest absolute Gasteiger partial charge is 0.243 e. The minimum Gasteiger partial charge on any atom is -0.213 e. The van der Waals surface area contributed by atoms with E-state index >= 15 is 0 Å². The lowest BCUT2D eigenvalue weighted by molar-refractivity contribution is 0.827. The Balaban J connectivity index is 1.62. The zero-order valence-electron chi connectivity index (χ0n) is 24.6. The highest BCUT2D eigenvalue weighted by Crippen LogP contribution is 2.28. The van der Waals surface area contributed by atoms with Gasteiger partial charge in [-0.25, -0.2) is 4.90 Å². The molecule has 3 aliphatic heterocycles. The van der Waals surface area contributed by atoms with Crippen molar-refractivity contribution < 1.29 is 0 Å². The third kappa shape index (κ3) is 4.22. The Hall–Kier alpha value is -4.52. The van der Waals surface area contributed by atoms with Crippen molar-refractivity contribution in [3.8, 4) is 0 Å². The summed E-state index contributed by atoms with van der Waals surface area (Å²) < 4.78 is 0. The van der Waals surface area contributed by atoms with E-state index in [1.165, 1.54) is 16.7 Å². The molecule has 0 atom stereocenters. The number of aryl methyl sites for hydroxylation is 9. The molecule has 6 rings (SSSR count). The molecule has 0 unspecified atom stereocenters. The highest BCUT2D eigenvalue weighted by molar-refractivity contribution is 6.34. The molecule has 0 amide bonds. The fourth-order valence-corrected chi connectivity index (χ4v) is 6.22. The number of guanidine groups is 3. The number of hydrogen-bond donors (Lipinski definition) is 0.